The Hall–Kier alpha value is -2.04. The molecule has 0 aromatic heterocycles. The van der Waals surface area contributed by atoms with E-state index < -0.39 is 5.97 Å². The van der Waals surface area contributed by atoms with E-state index in [1.165, 1.54) is 7.11 Å². The Bertz CT molecular complexity index is 376. The highest BCUT2D eigenvalue weighted by Gasteiger charge is 2.06. The minimum absolute atomic E-state index is 0.0858. The van der Waals surface area contributed by atoms with Crippen molar-refractivity contribution in [2.45, 2.75) is 6.42 Å². The number of aliphatic carboxylic acids is 1. The van der Waals surface area contributed by atoms with Crippen molar-refractivity contribution in [1.29, 1.82) is 0 Å². The molecular weight excluding hydrogens is 198 g/mol. The van der Waals surface area contributed by atoms with Gasteiger partial charge in [-0.05, 0) is 17.7 Å². The lowest BCUT2D eigenvalue weighted by atomic mass is 10.1. The molecule has 0 aliphatic carbocycles. The fraction of sp³-hybridized carbons (Fsp3) is 0.200. The number of carboxylic acids is 1. The number of carboxylic acid groups (broad SMARTS) is 1. The summed E-state index contributed by atoms with van der Waals surface area (Å²) in [4.78, 5) is 20.8. The molecule has 0 saturated carbocycles. The predicted octanol–water partition coefficient (Wildman–Crippen LogP) is 0.891. The van der Waals surface area contributed by atoms with Crippen molar-refractivity contribution in [3.63, 3.8) is 0 Å². The number of amides is 1. The van der Waals surface area contributed by atoms with Crippen molar-refractivity contribution in [3.8, 4) is 5.75 Å². The number of nitrogens with one attached hydrogen (secondary N) is 1. The van der Waals surface area contributed by atoms with Crippen molar-refractivity contribution in [3.05, 3.63) is 23.8 Å². The topological polar surface area (TPSA) is 75.6 Å². The number of benzene rings is 1. The van der Waals surface area contributed by atoms with Crippen LogP contribution in [0.15, 0.2) is 18.2 Å². The molecular formula is C10H11NO4. The van der Waals surface area contributed by atoms with E-state index in [0.717, 1.165) is 0 Å². The van der Waals surface area contributed by atoms with Crippen molar-refractivity contribution in [2.24, 2.45) is 0 Å². The van der Waals surface area contributed by atoms with Gasteiger partial charge in [-0.25, -0.2) is 0 Å². The Kier molecular flexibility index (Phi) is 3.68. The van der Waals surface area contributed by atoms with E-state index in [9.17, 15) is 9.59 Å². The summed E-state index contributed by atoms with van der Waals surface area (Å²) in [6.07, 6.45) is 0.430. The van der Waals surface area contributed by atoms with Gasteiger partial charge in [0.15, 0.2) is 0 Å². The summed E-state index contributed by atoms with van der Waals surface area (Å²) in [7, 11) is 1.47. The highest BCUT2D eigenvalue weighted by Crippen LogP contribution is 2.24. The van der Waals surface area contributed by atoms with Crippen LogP contribution in [0, 0.1) is 0 Å². The third kappa shape index (κ3) is 2.98. The van der Waals surface area contributed by atoms with Crippen molar-refractivity contribution in [2.75, 3.05) is 12.4 Å². The monoisotopic (exact) mass is 209 g/mol. The molecule has 0 fully saturated rings. The summed E-state index contributed by atoms with van der Waals surface area (Å²) in [5.74, 6) is -0.423. The number of carbonyl (C=O) groups is 2. The molecule has 15 heavy (non-hydrogen) atoms. The molecule has 0 unspecified atom stereocenters. The summed E-state index contributed by atoms with van der Waals surface area (Å²) >= 11 is 0. The summed E-state index contributed by atoms with van der Waals surface area (Å²) in [6.45, 7) is 0. The van der Waals surface area contributed by atoms with E-state index in [0.29, 0.717) is 23.4 Å². The third-order valence-electron chi connectivity index (χ3n) is 1.83. The van der Waals surface area contributed by atoms with Gasteiger partial charge in [-0.3, -0.25) is 9.59 Å². The average Bonchev–Trinajstić information content (AvgIpc) is 2.18. The second-order valence-electron chi connectivity index (χ2n) is 2.87. The fourth-order valence-corrected chi connectivity index (χ4v) is 1.22. The van der Waals surface area contributed by atoms with Gasteiger partial charge in [0.2, 0.25) is 6.41 Å². The largest absolute Gasteiger partial charge is 0.495 e. The molecule has 0 aliphatic rings. The standard InChI is InChI=1S/C10H11NO4/c1-15-9-3-2-7(5-10(13)14)4-8(9)11-6-12/h2-4,6H,5H2,1H3,(H,11,12)(H,13,14). The van der Waals surface area contributed by atoms with E-state index in [4.69, 9.17) is 9.84 Å². The zero-order valence-electron chi connectivity index (χ0n) is 8.19. The van der Waals surface area contributed by atoms with Gasteiger partial charge in [-0.1, -0.05) is 6.07 Å². The first-order chi connectivity index (χ1) is 7.17. The first-order valence-corrected chi connectivity index (χ1v) is 4.26. The van der Waals surface area contributed by atoms with Gasteiger partial charge < -0.3 is 15.2 Å². The van der Waals surface area contributed by atoms with Crippen LogP contribution in [-0.4, -0.2) is 24.6 Å². The second kappa shape index (κ2) is 4.99. The molecule has 5 nitrogen and oxygen atoms in total. The summed E-state index contributed by atoms with van der Waals surface area (Å²) < 4.78 is 4.99. The third-order valence-corrected chi connectivity index (χ3v) is 1.83. The quantitative estimate of drug-likeness (QED) is 0.706. The first kappa shape index (κ1) is 11.0. The molecule has 0 saturated heterocycles. The van der Waals surface area contributed by atoms with Crippen molar-refractivity contribution >= 4 is 18.1 Å². The molecule has 80 valence electrons. The van der Waals surface area contributed by atoms with Gasteiger partial charge in [0, 0.05) is 0 Å². The zero-order chi connectivity index (χ0) is 11.3. The molecule has 1 amide bonds. The van der Waals surface area contributed by atoms with E-state index in [1.807, 2.05) is 0 Å². The second-order valence-corrected chi connectivity index (χ2v) is 2.87. The lowest BCUT2D eigenvalue weighted by molar-refractivity contribution is -0.136. The SMILES string of the molecule is COc1ccc(CC(=O)O)cc1NC=O. The molecule has 0 bridgehead atoms. The maximum absolute atomic E-state index is 10.5. The van der Waals surface area contributed by atoms with Crippen LogP contribution in [0.2, 0.25) is 0 Å². The Balaban J connectivity index is 2.98. The molecule has 1 aromatic rings. The van der Waals surface area contributed by atoms with Crippen LogP contribution in [0.5, 0.6) is 5.75 Å². The maximum atomic E-state index is 10.5. The van der Waals surface area contributed by atoms with Crippen LogP contribution >= 0.6 is 0 Å². The van der Waals surface area contributed by atoms with E-state index in [-0.39, 0.29) is 6.42 Å². The fourth-order valence-electron chi connectivity index (χ4n) is 1.22. The number of rotatable bonds is 5. The molecule has 0 radical (unpaired) electrons. The summed E-state index contributed by atoms with van der Waals surface area (Å²) in [5.41, 5.74) is 1.07. The zero-order valence-corrected chi connectivity index (χ0v) is 8.19. The molecule has 0 heterocycles. The van der Waals surface area contributed by atoms with Crippen molar-refractivity contribution < 1.29 is 19.4 Å². The van der Waals surface area contributed by atoms with Gasteiger partial charge in [0.1, 0.15) is 5.75 Å². The Morgan fingerprint density at radius 2 is 2.33 bits per heavy atom. The van der Waals surface area contributed by atoms with E-state index in [1.54, 1.807) is 18.2 Å². The number of ether oxygens (including phenoxy) is 1. The molecule has 1 aromatic carbocycles. The summed E-state index contributed by atoms with van der Waals surface area (Å²) in [6, 6.07) is 4.83. The maximum Gasteiger partial charge on any atom is 0.307 e. The predicted molar refractivity (Wildman–Crippen MR) is 54.0 cm³/mol. The Morgan fingerprint density at radius 1 is 1.60 bits per heavy atom. The summed E-state index contributed by atoms with van der Waals surface area (Å²) in [5, 5.41) is 11.0. The van der Waals surface area contributed by atoms with Crippen LogP contribution < -0.4 is 10.1 Å². The van der Waals surface area contributed by atoms with Gasteiger partial charge in [-0.15, -0.1) is 0 Å². The highest BCUT2D eigenvalue weighted by atomic mass is 16.5. The van der Waals surface area contributed by atoms with Crippen LogP contribution in [0.1, 0.15) is 5.56 Å². The lowest BCUT2D eigenvalue weighted by Crippen LogP contribution is -2.02. The van der Waals surface area contributed by atoms with Crippen LogP contribution in [0.25, 0.3) is 0 Å². The van der Waals surface area contributed by atoms with Gasteiger partial charge in [0.25, 0.3) is 0 Å². The number of carbonyl (C=O) groups excluding carboxylic acids is 1. The number of hydrogen-bond acceptors (Lipinski definition) is 3. The van der Waals surface area contributed by atoms with E-state index in [2.05, 4.69) is 5.32 Å². The van der Waals surface area contributed by atoms with E-state index >= 15 is 0 Å². The number of anilines is 1. The van der Waals surface area contributed by atoms with Crippen LogP contribution in [-0.2, 0) is 16.0 Å². The normalized spacial score (nSPS) is 9.40. The Labute approximate surface area is 86.7 Å². The molecule has 0 spiro atoms. The first-order valence-electron chi connectivity index (χ1n) is 4.26. The minimum atomic E-state index is -0.919. The Morgan fingerprint density at radius 3 is 2.87 bits per heavy atom. The molecule has 0 aliphatic heterocycles. The molecule has 0 atom stereocenters. The minimum Gasteiger partial charge on any atom is -0.495 e. The van der Waals surface area contributed by atoms with Gasteiger partial charge in [0.05, 0.1) is 19.2 Å². The number of hydrogen-bond donors (Lipinski definition) is 2. The number of methoxy groups -OCH3 is 1. The van der Waals surface area contributed by atoms with Gasteiger partial charge in [-0.2, -0.15) is 0 Å². The van der Waals surface area contributed by atoms with Crippen molar-refractivity contribution in [1.82, 2.24) is 0 Å². The average molecular weight is 209 g/mol. The smallest absolute Gasteiger partial charge is 0.307 e. The van der Waals surface area contributed by atoms with Gasteiger partial charge >= 0.3 is 5.97 Å². The lowest BCUT2D eigenvalue weighted by Gasteiger charge is -2.08. The van der Waals surface area contributed by atoms with Crippen LogP contribution in [0.4, 0.5) is 5.69 Å². The highest BCUT2D eigenvalue weighted by molar-refractivity contribution is 5.77. The molecule has 1 rings (SSSR count). The van der Waals surface area contributed by atoms with Crippen LogP contribution in [0.3, 0.4) is 0 Å². The molecule has 2 N–H and O–H groups in total. The molecule has 5 heteroatoms.